The van der Waals surface area contributed by atoms with Crippen molar-refractivity contribution in [2.75, 3.05) is 13.1 Å². The zero-order valence-corrected chi connectivity index (χ0v) is 6.70. The van der Waals surface area contributed by atoms with Gasteiger partial charge in [-0.3, -0.25) is 0 Å². The molecule has 0 bridgehead atoms. The van der Waals surface area contributed by atoms with Crippen LogP contribution in [-0.4, -0.2) is 13.1 Å². The Morgan fingerprint density at radius 2 is 2.00 bits per heavy atom. The van der Waals surface area contributed by atoms with Gasteiger partial charge in [0.15, 0.2) is 0 Å². The van der Waals surface area contributed by atoms with Crippen molar-refractivity contribution in [1.82, 2.24) is 5.32 Å². The van der Waals surface area contributed by atoms with E-state index in [0.717, 1.165) is 5.92 Å². The Hall–Kier alpha value is -0.0400. The molecule has 0 aromatic carbocycles. The van der Waals surface area contributed by atoms with Crippen LogP contribution in [-0.2, 0) is 0 Å². The summed E-state index contributed by atoms with van der Waals surface area (Å²) in [5.41, 5.74) is 0.517. The summed E-state index contributed by atoms with van der Waals surface area (Å²) in [6, 6.07) is 0. The van der Waals surface area contributed by atoms with Gasteiger partial charge in [-0.05, 0) is 30.8 Å². The molecule has 0 aromatic heterocycles. The molecule has 0 spiro atoms. The van der Waals surface area contributed by atoms with Crippen molar-refractivity contribution >= 4 is 0 Å². The average molecular weight is 127 g/mol. The Bertz CT molecular complexity index is 85.2. The minimum absolute atomic E-state index is 0.517. The van der Waals surface area contributed by atoms with Gasteiger partial charge in [0, 0.05) is 0 Å². The predicted molar refractivity (Wildman–Crippen MR) is 40.4 cm³/mol. The maximum Gasteiger partial charge on any atom is -0.00150 e. The van der Waals surface area contributed by atoms with E-state index < -0.39 is 0 Å². The summed E-state index contributed by atoms with van der Waals surface area (Å²) in [6.07, 6.45) is 1.36. The van der Waals surface area contributed by atoms with Crippen LogP contribution in [0.2, 0.25) is 0 Å². The second kappa shape index (κ2) is 2.30. The van der Waals surface area contributed by atoms with Crippen LogP contribution in [0, 0.1) is 11.3 Å². The third kappa shape index (κ3) is 1.68. The van der Waals surface area contributed by atoms with E-state index >= 15 is 0 Å². The molecule has 0 unspecified atom stereocenters. The predicted octanol–water partition coefficient (Wildman–Crippen LogP) is 1.64. The number of hydrogen-bond acceptors (Lipinski definition) is 1. The van der Waals surface area contributed by atoms with E-state index in [1.807, 2.05) is 0 Å². The summed E-state index contributed by atoms with van der Waals surface area (Å²) in [6.45, 7) is 9.42. The molecule has 1 atom stereocenters. The molecule has 0 amide bonds. The van der Waals surface area contributed by atoms with Crippen molar-refractivity contribution in [3.63, 3.8) is 0 Å². The molecule has 1 fully saturated rings. The fraction of sp³-hybridized carbons (Fsp3) is 1.00. The minimum Gasteiger partial charge on any atom is -0.316 e. The fourth-order valence-electron chi connectivity index (χ4n) is 1.39. The monoisotopic (exact) mass is 127 g/mol. The summed E-state index contributed by atoms with van der Waals surface area (Å²) in [5.74, 6) is 0.900. The van der Waals surface area contributed by atoms with Crippen LogP contribution in [0.15, 0.2) is 0 Å². The van der Waals surface area contributed by atoms with E-state index in [2.05, 4.69) is 26.1 Å². The fourth-order valence-corrected chi connectivity index (χ4v) is 1.39. The van der Waals surface area contributed by atoms with Gasteiger partial charge in [-0.25, -0.2) is 0 Å². The van der Waals surface area contributed by atoms with E-state index in [9.17, 15) is 0 Å². The van der Waals surface area contributed by atoms with Crippen molar-refractivity contribution in [3.05, 3.63) is 0 Å². The van der Waals surface area contributed by atoms with E-state index in [4.69, 9.17) is 0 Å². The van der Waals surface area contributed by atoms with Crippen molar-refractivity contribution in [2.24, 2.45) is 11.3 Å². The highest BCUT2D eigenvalue weighted by Gasteiger charge is 2.26. The summed E-state index contributed by atoms with van der Waals surface area (Å²) in [4.78, 5) is 0. The van der Waals surface area contributed by atoms with Gasteiger partial charge in [0.25, 0.3) is 0 Å². The van der Waals surface area contributed by atoms with E-state index in [1.54, 1.807) is 0 Å². The maximum atomic E-state index is 3.38. The Labute approximate surface area is 57.8 Å². The third-order valence-electron chi connectivity index (χ3n) is 2.29. The molecule has 0 aliphatic carbocycles. The largest absolute Gasteiger partial charge is 0.316 e. The molecule has 1 N–H and O–H groups in total. The smallest absolute Gasteiger partial charge is 0.00150 e. The van der Waals surface area contributed by atoms with Crippen LogP contribution >= 0.6 is 0 Å². The first-order valence-corrected chi connectivity index (χ1v) is 3.81. The third-order valence-corrected chi connectivity index (χ3v) is 2.29. The molecule has 1 rings (SSSR count). The van der Waals surface area contributed by atoms with Crippen molar-refractivity contribution < 1.29 is 0 Å². The lowest BCUT2D eigenvalue weighted by Crippen LogP contribution is -2.22. The normalized spacial score (nSPS) is 29.0. The van der Waals surface area contributed by atoms with Gasteiger partial charge in [0.2, 0.25) is 0 Å². The van der Waals surface area contributed by atoms with Crippen LogP contribution in [0.3, 0.4) is 0 Å². The lowest BCUT2D eigenvalue weighted by atomic mass is 9.80. The second-order valence-electron chi connectivity index (χ2n) is 4.06. The molecule has 0 aromatic rings. The number of rotatable bonds is 0. The first kappa shape index (κ1) is 7.07. The summed E-state index contributed by atoms with van der Waals surface area (Å²) in [7, 11) is 0. The van der Waals surface area contributed by atoms with Crippen LogP contribution in [0.5, 0.6) is 0 Å². The minimum atomic E-state index is 0.517. The van der Waals surface area contributed by atoms with Crippen LogP contribution in [0.4, 0.5) is 0 Å². The molecule has 0 saturated carbocycles. The maximum absolute atomic E-state index is 3.38. The molecule has 9 heavy (non-hydrogen) atoms. The number of hydrogen-bond donors (Lipinski definition) is 1. The van der Waals surface area contributed by atoms with E-state index in [1.165, 1.54) is 19.5 Å². The Morgan fingerprint density at radius 3 is 2.22 bits per heavy atom. The SMILES string of the molecule is CC(C)(C)[C@H]1CCNC1. The summed E-state index contributed by atoms with van der Waals surface area (Å²) in [5, 5.41) is 3.38. The van der Waals surface area contributed by atoms with Crippen molar-refractivity contribution in [1.29, 1.82) is 0 Å². The Kier molecular flexibility index (Phi) is 1.80. The van der Waals surface area contributed by atoms with Crippen molar-refractivity contribution in [3.8, 4) is 0 Å². The van der Waals surface area contributed by atoms with Gasteiger partial charge in [-0.15, -0.1) is 0 Å². The molecule has 1 heterocycles. The summed E-state index contributed by atoms with van der Waals surface area (Å²) < 4.78 is 0. The standard InChI is InChI=1S/C8H17N/c1-8(2,3)7-4-5-9-6-7/h7,9H,4-6H2,1-3H3/t7-/m0/s1. The highest BCUT2D eigenvalue weighted by molar-refractivity contribution is 4.80. The van der Waals surface area contributed by atoms with Gasteiger partial charge in [0.1, 0.15) is 0 Å². The van der Waals surface area contributed by atoms with Crippen LogP contribution < -0.4 is 5.32 Å². The zero-order valence-electron chi connectivity index (χ0n) is 6.70. The number of nitrogens with one attached hydrogen (secondary N) is 1. The molecular weight excluding hydrogens is 110 g/mol. The highest BCUT2D eigenvalue weighted by Crippen LogP contribution is 2.29. The van der Waals surface area contributed by atoms with Gasteiger partial charge < -0.3 is 5.32 Å². The average Bonchev–Trinajstić information content (AvgIpc) is 2.08. The van der Waals surface area contributed by atoms with Gasteiger partial charge in [-0.1, -0.05) is 20.8 Å². The molecular formula is C8H17N. The van der Waals surface area contributed by atoms with Gasteiger partial charge in [-0.2, -0.15) is 0 Å². The molecule has 1 saturated heterocycles. The molecule has 1 aliphatic rings. The quantitative estimate of drug-likeness (QED) is 0.521. The molecule has 54 valence electrons. The topological polar surface area (TPSA) is 12.0 Å². The Morgan fingerprint density at radius 1 is 1.33 bits per heavy atom. The first-order chi connectivity index (χ1) is 4.11. The lowest BCUT2D eigenvalue weighted by Gasteiger charge is -2.25. The lowest BCUT2D eigenvalue weighted by molar-refractivity contribution is 0.261. The molecule has 1 aliphatic heterocycles. The highest BCUT2D eigenvalue weighted by atomic mass is 14.9. The van der Waals surface area contributed by atoms with E-state index in [-0.39, 0.29) is 0 Å². The van der Waals surface area contributed by atoms with Gasteiger partial charge >= 0.3 is 0 Å². The van der Waals surface area contributed by atoms with Crippen LogP contribution in [0.25, 0.3) is 0 Å². The van der Waals surface area contributed by atoms with E-state index in [0.29, 0.717) is 5.41 Å². The zero-order chi connectivity index (χ0) is 6.91. The molecule has 1 heteroatoms. The van der Waals surface area contributed by atoms with Gasteiger partial charge in [0.05, 0.1) is 0 Å². The van der Waals surface area contributed by atoms with Crippen LogP contribution in [0.1, 0.15) is 27.2 Å². The molecule has 1 nitrogen and oxygen atoms in total. The second-order valence-corrected chi connectivity index (χ2v) is 4.06. The molecule has 0 radical (unpaired) electrons. The summed E-state index contributed by atoms with van der Waals surface area (Å²) >= 11 is 0. The first-order valence-electron chi connectivity index (χ1n) is 3.81. The Balaban J connectivity index is 2.42. The van der Waals surface area contributed by atoms with Crippen molar-refractivity contribution in [2.45, 2.75) is 27.2 Å².